The molecule has 2 atom stereocenters. The zero-order valence-electron chi connectivity index (χ0n) is 14.1. The van der Waals surface area contributed by atoms with E-state index in [1.807, 2.05) is 25.1 Å². The molecule has 1 aromatic carbocycles. The monoisotopic (exact) mass is 290 g/mol. The molecule has 21 heavy (non-hydrogen) atoms. The van der Waals surface area contributed by atoms with Gasteiger partial charge in [-0.2, -0.15) is 0 Å². The highest BCUT2D eigenvalue weighted by atomic mass is 16.1. The molecule has 0 saturated carbocycles. The number of rotatable bonds is 8. The predicted octanol–water partition coefficient (Wildman–Crippen LogP) is 4.37. The minimum Gasteiger partial charge on any atom is -0.384 e. The number of carbonyl (C=O) groups is 1. The van der Waals surface area contributed by atoms with Crippen molar-refractivity contribution in [2.45, 2.75) is 59.9 Å². The first-order valence-electron chi connectivity index (χ1n) is 8.13. The first-order chi connectivity index (χ1) is 9.97. The first-order valence-corrected chi connectivity index (χ1v) is 8.13. The Morgan fingerprint density at radius 1 is 1.24 bits per heavy atom. The van der Waals surface area contributed by atoms with Gasteiger partial charge in [-0.1, -0.05) is 33.3 Å². The van der Waals surface area contributed by atoms with Gasteiger partial charge in [0.15, 0.2) is 0 Å². The Balaban J connectivity index is 2.76. The van der Waals surface area contributed by atoms with Crippen molar-refractivity contribution in [3.8, 4) is 0 Å². The molecule has 118 valence electrons. The lowest BCUT2D eigenvalue weighted by molar-refractivity contribution is 0.0936. The number of hydrogen-bond acceptors (Lipinski definition) is 2. The van der Waals surface area contributed by atoms with Gasteiger partial charge in [-0.25, -0.2) is 0 Å². The van der Waals surface area contributed by atoms with Crippen molar-refractivity contribution in [2.75, 3.05) is 11.9 Å². The second-order valence-corrected chi connectivity index (χ2v) is 6.10. The fourth-order valence-electron chi connectivity index (χ4n) is 2.39. The molecule has 0 bridgehead atoms. The molecule has 0 aliphatic carbocycles. The van der Waals surface area contributed by atoms with Gasteiger partial charge >= 0.3 is 0 Å². The Bertz CT molecular complexity index is 457. The summed E-state index contributed by atoms with van der Waals surface area (Å²) in [5.74, 6) is 0.653. The van der Waals surface area contributed by atoms with Crippen LogP contribution in [0.1, 0.15) is 62.9 Å². The molecule has 2 N–H and O–H groups in total. The summed E-state index contributed by atoms with van der Waals surface area (Å²) in [6.45, 7) is 11.5. The quantitative estimate of drug-likeness (QED) is 0.746. The molecule has 3 heteroatoms. The summed E-state index contributed by atoms with van der Waals surface area (Å²) in [6.07, 6.45) is 3.21. The largest absolute Gasteiger partial charge is 0.384 e. The second kappa shape index (κ2) is 8.71. The molecular formula is C18H30N2O. The number of aryl methyl sites for hydroxylation is 1. The summed E-state index contributed by atoms with van der Waals surface area (Å²) >= 11 is 0. The van der Waals surface area contributed by atoms with E-state index in [4.69, 9.17) is 0 Å². The zero-order chi connectivity index (χ0) is 15.8. The lowest BCUT2D eigenvalue weighted by Crippen LogP contribution is -2.34. The van der Waals surface area contributed by atoms with Crippen LogP contribution in [-0.4, -0.2) is 18.5 Å². The van der Waals surface area contributed by atoms with Crippen LogP contribution < -0.4 is 10.6 Å². The molecule has 0 aromatic heterocycles. The Labute approximate surface area is 129 Å². The maximum Gasteiger partial charge on any atom is 0.253 e. The predicted molar refractivity (Wildman–Crippen MR) is 91.0 cm³/mol. The highest BCUT2D eigenvalue weighted by Gasteiger charge is 2.15. The molecule has 3 nitrogen and oxygen atoms in total. The van der Waals surface area contributed by atoms with Crippen molar-refractivity contribution < 1.29 is 4.79 Å². The van der Waals surface area contributed by atoms with Gasteiger partial charge in [-0.3, -0.25) is 4.79 Å². The van der Waals surface area contributed by atoms with Gasteiger partial charge in [0, 0.05) is 18.3 Å². The molecule has 0 heterocycles. The van der Waals surface area contributed by atoms with E-state index in [0.29, 0.717) is 5.92 Å². The van der Waals surface area contributed by atoms with E-state index < -0.39 is 0 Å². The van der Waals surface area contributed by atoms with Crippen LogP contribution in [0.25, 0.3) is 0 Å². The number of carbonyl (C=O) groups excluding carboxylic acids is 1. The maximum absolute atomic E-state index is 12.5. The van der Waals surface area contributed by atoms with Crippen LogP contribution in [0.5, 0.6) is 0 Å². The average Bonchev–Trinajstić information content (AvgIpc) is 2.44. The van der Waals surface area contributed by atoms with Crippen molar-refractivity contribution in [3.63, 3.8) is 0 Å². The highest BCUT2D eigenvalue weighted by molar-refractivity contribution is 5.99. The Morgan fingerprint density at radius 2 is 1.95 bits per heavy atom. The van der Waals surface area contributed by atoms with Gasteiger partial charge in [0.05, 0.1) is 5.56 Å². The third-order valence-corrected chi connectivity index (χ3v) is 3.82. The fourth-order valence-corrected chi connectivity index (χ4v) is 2.39. The topological polar surface area (TPSA) is 41.1 Å². The van der Waals surface area contributed by atoms with Gasteiger partial charge in [0.1, 0.15) is 0 Å². The van der Waals surface area contributed by atoms with Crippen LogP contribution in [0, 0.1) is 12.8 Å². The van der Waals surface area contributed by atoms with E-state index in [1.54, 1.807) is 0 Å². The van der Waals surface area contributed by atoms with Gasteiger partial charge in [-0.15, -0.1) is 0 Å². The van der Waals surface area contributed by atoms with Gasteiger partial charge in [0.2, 0.25) is 0 Å². The van der Waals surface area contributed by atoms with Crippen molar-refractivity contribution in [2.24, 2.45) is 5.92 Å². The van der Waals surface area contributed by atoms with Gasteiger partial charge < -0.3 is 10.6 Å². The zero-order valence-corrected chi connectivity index (χ0v) is 14.1. The standard InChI is InChI=1S/C18H30N2O/c1-6-10-19-17-12-14(4)8-9-16(17)18(21)20-15(5)11-13(3)7-2/h8-9,12-13,15,19H,6-7,10-11H2,1-5H3,(H,20,21). The smallest absolute Gasteiger partial charge is 0.253 e. The number of benzene rings is 1. The molecule has 1 amide bonds. The molecule has 0 saturated heterocycles. The molecule has 0 aliphatic rings. The molecule has 0 radical (unpaired) electrons. The maximum atomic E-state index is 12.5. The van der Waals surface area contributed by atoms with Crippen LogP contribution in [0.4, 0.5) is 5.69 Å². The van der Waals surface area contributed by atoms with Crippen LogP contribution >= 0.6 is 0 Å². The van der Waals surface area contributed by atoms with Crippen molar-refractivity contribution >= 4 is 11.6 Å². The summed E-state index contributed by atoms with van der Waals surface area (Å²) < 4.78 is 0. The average molecular weight is 290 g/mol. The summed E-state index contributed by atoms with van der Waals surface area (Å²) in [6, 6.07) is 6.15. The molecular weight excluding hydrogens is 260 g/mol. The molecule has 1 aromatic rings. The lowest BCUT2D eigenvalue weighted by Gasteiger charge is -2.19. The third kappa shape index (κ3) is 5.78. The lowest BCUT2D eigenvalue weighted by atomic mass is 10.00. The molecule has 0 spiro atoms. The minimum absolute atomic E-state index is 0.0180. The fraction of sp³-hybridized carbons (Fsp3) is 0.611. The SMILES string of the molecule is CCCNc1cc(C)ccc1C(=O)NC(C)CC(C)CC. The van der Waals surface area contributed by atoms with E-state index in [1.165, 1.54) is 0 Å². The van der Waals surface area contributed by atoms with Crippen LogP contribution in [-0.2, 0) is 0 Å². The van der Waals surface area contributed by atoms with E-state index in [9.17, 15) is 4.79 Å². The van der Waals surface area contributed by atoms with Crippen molar-refractivity contribution in [3.05, 3.63) is 29.3 Å². The Hall–Kier alpha value is -1.51. The summed E-state index contributed by atoms with van der Waals surface area (Å²) in [5.41, 5.74) is 2.84. The third-order valence-electron chi connectivity index (χ3n) is 3.82. The number of nitrogens with one attached hydrogen (secondary N) is 2. The molecule has 2 unspecified atom stereocenters. The Kier molecular flexibility index (Phi) is 7.27. The number of hydrogen-bond donors (Lipinski definition) is 2. The normalized spacial score (nSPS) is 13.6. The summed E-state index contributed by atoms with van der Waals surface area (Å²) in [5, 5.41) is 6.47. The number of amides is 1. The van der Waals surface area contributed by atoms with E-state index in [-0.39, 0.29) is 11.9 Å². The minimum atomic E-state index is 0.0180. The second-order valence-electron chi connectivity index (χ2n) is 6.10. The molecule has 0 fully saturated rings. The van der Waals surface area contributed by atoms with Crippen LogP contribution in [0.15, 0.2) is 18.2 Å². The Morgan fingerprint density at radius 3 is 2.57 bits per heavy atom. The van der Waals surface area contributed by atoms with Crippen LogP contribution in [0.3, 0.4) is 0 Å². The van der Waals surface area contributed by atoms with E-state index in [2.05, 4.69) is 38.3 Å². The summed E-state index contributed by atoms with van der Waals surface area (Å²) in [4.78, 5) is 12.5. The van der Waals surface area contributed by atoms with Crippen molar-refractivity contribution in [1.29, 1.82) is 0 Å². The summed E-state index contributed by atoms with van der Waals surface area (Å²) in [7, 11) is 0. The molecule has 1 rings (SSSR count). The first kappa shape index (κ1) is 17.5. The van der Waals surface area contributed by atoms with E-state index >= 15 is 0 Å². The molecule has 0 aliphatic heterocycles. The van der Waals surface area contributed by atoms with Gasteiger partial charge in [0.25, 0.3) is 5.91 Å². The van der Waals surface area contributed by atoms with E-state index in [0.717, 1.165) is 42.6 Å². The van der Waals surface area contributed by atoms with Gasteiger partial charge in [-0.05, 0) is 50.3 Å². The van der Waals surface area contributed by atoms with Crippen LogP contribution in [0.2, 0.25) is 0 Å². The van der Waals surface area contributed by atoms with Crippen molar-refractivity contribution in [1.82, 2.24) is 5.32 Å². The number of anilines is 1. The highest BCUT2D eigenvalue weighted by Crippen LogP contribution is 2.18.